The second kappa shape index (κ2) is 9.40. The average Bonchev–Trinajstić information content (AvgIpc) is 2.71. The molecule has 160 valence electrons. The van der Waals surface area contributed by atoms with Gasteiger partial charge in [-0.2, -0.15) is 0 Å². The third-order valence-electron chi connectivity index (χ3n) is 4.08. The summed E-state index contributed by atoms with van der Waals surface area (Å²) < 4.78 is 24.0. The molecule has 1 aliphatic rings. The van der Waals surface area contributed by atoms with Crippen molar-refractivity contribution in [3.05, 3.63) is 62.3 Å². The van der Waals surface area contributed by atoms with E-state index in [4.69, 9.17) is 4.74 Å². The summed E-state index contributed by atoms with van der Waals surface area (Å²) in [5.74, 6) is -2.52. The zero-order valence-corrected chi connectivity index (χ0v) is 19.0. The fourth-order valence-corrected chi connectivity index (χ4v) is 4.09. The molecule has 0 aliphatic carbocycles. The van der Waals surface area contributed by atoms with Gasteiger partial charge in [0.05, 0.1) is 21.7 Å². The van der Waals surface area contributed by atoms with Crippen LogP contribution in [-0.2, 0) is 19.1 Å². The summed E-state index contributed by atoms with van der Waals surface area (Å²) in [6, 6.07) is 6.87. The molecule has 4 amide bonds. The Labute approximate surface area is 192 Å². The van der Waals surface area contributed by atoms with Gasteiger partial charge in [-0.1, -0.05) is 0 Å². The first-order valence-electron chi connectivity index (χ1n) is 8.57. The van der Waals surface area contributed by atoms with Crippen molar-refractivity contribution < 1.29 is 33.0 Å². The van der Waals surface area contributed by atoms with Gasteiger partial charge in [-0.25, -0.2) is 18.9 Å². The summed E-state index contributed by atoms with van der Waals surface area (Å²) in [7, 11) is 1.23. The maximum atomic E-state index is 13.2. The predicted molar refractivity (Wildman–Crippen MR) is 115 cm³/mol. The summed E-state index contributed by atoms with van der Waals surface area (Å²) in [4.78, 5) is 49.4. The van der Waals surface area contributed by atoms with Crippen molar-refractivity contribution in [1.82, 2.24) is 5.32 Å². The molecule has 31 heavy (non-hydrogen) atoms. The summed E-state index contributed by atoms with van der Waals surface area (Å²) in [5.41, 5.74) is 0.234. The molecular weight excluding hydrogens is 543 g/mol. The number of barbiturate groups is 1. The molecule has 11 heteroatoms. The van der Waals surface area contributed by atoms with E-state index in [1.54, 1.807) is 12.1 Å². The van der Waals surface area contributed by atoms with Gasteiger partial charge in [0.25, 0.3) is 11.8 Å². The zero-order chi connectivity index (χ0) is 22.7. The molecule has 0 saturated carbocycles. The van der Waals surface area contributed by atoms with E-state index in [2.05, 4.69) is 41.9 Å². The molecule has 8 nitrogen and oxygen atoms in total. The Morgan fingerprint density at radius 1 is 1.13 bits per heavy atom. The van der Waals surface area contributed by atoms with E-state index in [-0.39, 0.29) is 17.9 Å². The number of nitrogens with one attached hydrogen (secondary N) is 1. The van der Waals surface area contributed by atoms with Crippen LogP contribution in [0.4, 0.5) is 14.9 Å². The zero-order valence-electron chi connectivity index (χ0n) is 15.8. The number of imide groups is 2. The number of methoxy groups -OCH3 is 1. The Morgan fingerprint density at radius 3 is 2.32 bits per heavy atom. The topological polar surface area (TPSA) is 102 Å². The van der Waals surface area contributed by atoms with Gasteiger partial charge < -0.3 is 9.47 Å². The van der Waals surface area contributed by atoms with Crippen LogP contribution >= 0.6 is 31.9 Å². The quantitative estimate of drug-likeness (QED) is 0.344. The second-order valence-electron chi connectivity index (χ2n) is 6.11. The van der Waals surface area contributed by atoms with E-state index < -0.39 is 29.6 Å². The first-order valence-corrected chi connectivity index (χ1v) is 10.2. The number of halogens is 3. The third kappa shape index (κ3) is 5.00. The van der Waals surface area contributed by atoms with E-state index in [0.29, 0.717) is 20.3 Å². The molecule has 2 aromatic rings. The molecule has 0 spiro atoms. The van der Waals surface area contributed by atoms with Gasteiger partial charge in [-0.15, -0.1) is 0 Å². The normalized spacial score (nSPS) is 15.2. The fraction of sp³-hybridized carbons (Fsp3) is 0.100. The van der Waals surface area contributed by atoms with Gasteiger partial charge in [0, 0.05) is 0 Å². The van der Waals surface area contributed by atoms with E-state index in [1.165, 1.54) is 25.3 Å². The monoisotopic (exact) mass is 554 g/mol. The van der Waals surface area contributed by atoms with Gasteiger partial charge in [0.1, 0.15) is 17.1 Å². The first-order chi connectivity index (χ1) is 14.7. The van der Waals surface area contributed by atoms with Gasteiger partial charge >= 0.3 is 12.0 Å². The van der Waals surface area contributed by atoms with Crippen molar-refractivity contribution in [3.8, 4) is 5.75 Å². The highest BCUT2D eigenvalue weighted by molar-refractivity contribution is 9.11. The molecule has 0 aromatic heterocycles. The number of rotatable bonds is 5. The van der Waals surface area contributed by atoms with Crippen LogP contribution in [0.15, 0.2) is 50.9 Å². The van der Waals surface area contributed by atoms with Crippen LogP contribution in [0.25, 0.3) is 6.08 Å². The lowest BCUT2D eigenvalue weighted by atomic mass is 10.1. The maximum absolute atomic E-state index is 13.2. The van der Waals surface area contributed by atoms with Crippen LogP contribution in [0.2, 0.25) is 0 Å². The molecule has 0 unspecified atom stereocenters. The summed E-state index contributed by atoms with van der Waals surface area (Å²) >= 11 is 6.62. The molecule has 1 saturated heterocycles. The number of benzene rings is 2. The van der Waals surface area contributed by atoms with Crippen LogP contribution < -0.4 is 15.0 Å². The number of anilines is 1. The van der Waals surface area contributed by atoms with E-state index in [9.17, 15) is 23.6 Å². The minimum Gasteiger partial charge on any atom is -0.480 e. The maximum Gasteiger partial charge on any atom is 0.343 e. The SMILES string of the molecule is COC(=O)COc1c(Br)cc(/C=C2\C(=O)NC(=O)N(c3ccc(F)cc3)C2=O)cc1Br. The summed E-state index contributed by atoms with van der Waals surface area (Å²) in [6.45, 7) is -0.316. The minimum absolute atomic E-state index is 0.108. The van der Waals surface area contributed by atoms with Crippen LogP contribution in [0, 0.1) is 5.82 Å². The lowest BCUT2D eigenvalue weighted by Gasteiger charge is -2.26. The molecule has 1 aliphatic heterocycles. The van der Waals surface area contributed by atoms with Gasteiger partial charge in [-0.05, 0) is 79.9 Å². The summed E-state index contributed by atoms with van der Waals surface area (Å²) in [6.07, 6.45) is 1.29. The minimum atomic E-state index is -0.937. The third-order valence-corrected chi connectivity index (χ3v) is 5.26. The van der Waals surface area contributed by atoms with Crippen LogP contribution in [-0.4, -0.2) is 37.5 Å². The van der Waals surface area contributed by atoms with Crippen LogP contribution in [0.5, 0.6) is 5.75 Å². The van der Waals surface area contributed by atoms with Gasteiger partial charge in [-0.3, -0.25) is 14.9 Å². The number of esters is 1. The Hall–Kier alpha value is -3.05. The molecule has 3 rings (SSSR count). The first kappa shape index (κ1) is 22.6. The average molecular weight is 556 g/mol. The number of carbonyl (C=O) groups excluding carboxylic acids is 4. The van der Waals surface area contributed by atoms with Crippen molar-refractivity contribution in [2.24, 2.45) is 0 Å². The lowest BCUT2D eigenvalue weighted by Crippen LogP contribution is -2.54. The molecule has 2 aromatic carbocycles. The number of amides is 4. The highest BCUT2D eigenvalue weighted by Crippen LogP contribution is 2.35. The van der Waals surface area contributed by atoms with Crippen molar-refractivity contribution >= 4 is 67.4 Å². The molecule has 0 radical (unpaired) electrons. The van der Waals surface area contributed by atoms with E-state index in [1.807, 2.05) is 0 Å². The standard InChI is InChI=1S/C20H13Br2FN2O6/c1-30-16(26)9-31-17-14(21)7-10(8-15(17)22)6-13-18(27)24-20(29)25(19(13)28)12-4-2-11(23)3-5-12/h2-8H,9H2,1H3,(H,24,27,29)/b13-6+. The van der Waals surface area contributed by atoms with Gasteiger partial charge in [0.2, 0.25) is 0 Å². The molecule has 0 bridgehead atoms. The highest BCUT2D eigenvalue weighted by atomic mass is 79.9. The molecule has 1 heterocycles. The van der Waals surface area contributed by atoms with Crippen LogP contribution in [0.1, 0.15) is 5.56 Å². The Kier molecular flexibility index (Phi) is 6.86. The number of urea groups is 1. The van der Waals surface area contributed by atoms with Crippen molar-refractivity contribution in [3.63, 3.8) is 0 Å². The number of nitrogens with zero attached hydrogens (tertiary/aromatic N) is 1. The molecular formula is C20H13Br2FN2O6. The number of carbonyl (C=O) groups is 4. The van der Waals surface area contributed by atoms with E-state index in [0.717, 1.165) is 17.0 Å². The number of hydrogen-bond donors (Lipinski definition) is 1. The second-order valence-corrected chi connectivity index (χ2v) is 7.82. The van der Waals surface area contributed by atoms with Crippen molar-refractivity contribution in [2.45, 2.75) is 0 Å². The highest BCUT2D eigenvalue weighted by Gasteiger charge is 2.36. The molecule has 1 N–H and O–H groups in total. The predicted octanol–water partition coefficient (Wildman–Crippen LogP) is 3.57. The van der Waals surface area contributed by atoms with Crippen LogP contribution in [0.3, 0.4) is 0 Å². The Balaban J connectivity index is 1.93. The lowest BCUT2D eigenvalue weighted by molar-refractivity contribution is -0.143. The Morgan fingerprint density at radius 2 is 1.74 bits per heavy atom. The van der Waals surface area contributed by atoms with Gasteiger partial charge in [0.15, 0.2) is 6.61 Å². The van der Waals surface area contributed by atoms with Crippen molar-refractivity contribution in [1.29, 1.82) is 0 Å². The molecule has 1 fully saturated rings. The van der Waals surface area contributed by atoms with E-state index >= 15 is 0 Å². The van der Waals surface area contributed by atoms with Crippen molar-refractivity contribution in [2.75, 3.05) is 18.6 Å². The largest absolute Gasteiger partial charge is 0.480 e. The molecule has 0 atom stereocenters. The Bertz CT molecular complexity index is 1090. The number of ether oxygens (including phenoxy) is 2. The smallest absolute Gasteiger partial charge is 0.343 e. The number of hydrogen-bond acceptors (Lipinski definition) is 6. The fourth-order valence-electron chi connectivity index (χ4n) is 2.64. The summed E-state index contributed by atoms with van der Waals surface area (Å²) in [5, 5.41) is 2.09.